The van der Waals surface area contributed by atoms with Gasteiger partial charge < -0.3 is 5.11 Å². The van der Waals surface area contributed by atoms with E-state index in [1.54, 1.807) is 13.0 Å². The van der Waals surface area contributed by atoms with E-state index in [1.165, 1.54) is 18.2 Å². The Bertz CT molecular complexity index is 513. The monoisotopic (exact) mass is 264 g/mol. The molecular weight excluding hydrogens is 248 g/mol. The van der Waals surface area contributed by atoms with Gasteiger partial charge >= 0.3 is 0 Å². The van der Waals surface area contributed by atoms with E-state index in [-0.39, 0.29) is 18.0 Å². The molecule has 0 saturated carbocycles. The van der Waals surface area contributed by atoms with E-state index in [0.717, 1.165) is 0 Å². The Labute approximate surface area is 110 Å². The van der Waals surface area contributed by atoms with Gasteiger partial charge in [0, 0.05) is 30.8 Å². The fraction of sp³-hybridized carbons (Fsp3) is 0.462. The quantitative estimate of drug-likeness (QED) is 0.502. The number of aliphatic hydroxyl groups is 1. The highest BCUT2D eigenvalue weighted by molar-refractivity contribution is 5.98. The molecule has 1 heterocycles. The Balaban J connectivity index is 2.04. The molecule has 1 unspecified atom stereocenters. The zero-order chi connectivity index (χ0) is 14.0. The van der Waals surface area contributed by atoms with Crippen LogP contribution in [0.5, 0.6) is 0 Å². The summed E-state index contributed by atoms with van der Waals surface area (Å²) in [7, 11) is 0. The van der Waals surface area contributed by atoms with Crippen molar-refractivity contribution >= 4 is 11.5 Å². The Morgan fingerprint density at radius 3 is 2.89 bits per heavy atom. The second-order valence-electron chi connectivity index (χ2n) is 5.19. The first-order chi connectivity index (χ1) is 8.87. The molecule has 0 aliphatic carbocycles. The predicted octanol–water partition coefficient (Wildman–Crippen LogP) is 1.23. The summed E-state index contributed by atoms with van der Waals surface area (Å²) in [6, 6.07) is 5.73. The molecule has 1 aromatic carbocycles. The molecule has 1 aromatic rings. The number of hydrogen-bond acceptors (Lipinski definition) is 5. The molecule has 0 radical (unpaired) electrons. The smallest absolute Gasteiger partial charge is 0.270 e. The van der Waals surface area contributed by atoms with Crippen molar-refractivity contribution in [2.45, 2.75) is 18.9 Å². The lowest BCUT2D eigenvalue weighted by Crippen LogP contribution is -2.33. The summed E-state index contributed by atoms with van der Waals surface area (Å²) >= 11 is 0. The average molecular weight is 264 g/mol. The topological polar surface area (TPSA) is 83.7 Å². The number of rotatable bonds is 4. The molecule has 0 aromatic heterocycles. The van der Waals surface area contributed by atoms with Crippen molar-refractivity contribution < 1.29 is 14.8 Å². The molecule has 1 saturated heterocycles. The molecule has 1 fully saturated rings. The number of carbonyl (C=O) groups is 1. The third-order valence-corrected chi connectivity index (χ3v) is 3.28. The number of carbonyl (C=O) groups excluding carboxylic acids is 1. The lowest BCUT2D eigenvalue weighted by Gasteiger charge is -2.17. The molecule has 102 valence electrons. The Hall–Kier alpha value is -1.79. The SMILES string of the molecule is CC1(O)CCN(CC(=O)c2cccc([N+](=O)[O-])c2)C1. The highest BCUT2D eigenvalue weighted by Crippen LogP contribution is 2.21. The molecule has 6 nitrogen and oxygen atoms in total. The zero-order valence-electron chi connectivity index (χ0n) is 10.7. The number of Topliss-reactive ketones (excluding diaryl/α,β-unsaturated/α-hetero) is 1. The number of non-ortho nitro benzene ring substituents is 1. The third kappa shape index (κ3) is 3.36. The summed E-state index contributed by atoms with van der Waals surface area (Å²) in [5.74, 6) is -0.165. The fourth-order valence-electron chi connectivity index (χ4n) is 2.26. The second-order valence-corrected chi connectivity index (χ2v) is 5.19. The molecule has 0 amide bonds. The van der Waals surface area contributed by atoms with Crippen LogP contribution >= 0.6 is 0 Å². The maximum atomic E-state index is 12.0. The van der Waals surface area contributed by atoms with Crippen molar-refractivity contribution in [3.8, 4) is 0 Å². The van der Waals surface area contributed by atoms with E-state index >= 15 is 0 Å². The second kappa shape index (κ2) is 5.07. The standard InChI is InChI=1S/C13H16N2O4/c1-13(17)5-6-14(9-13)8-12(16)10-3-2-4-11(7-10)15(18)19/h2-4,7,17H,5-6,8-9H2,1H3. The van der Waals surface area contributed by atoms with E-state index in [2.05, 4.69) is 0 Å². The number of benzene rings is 1. The van der Waals surface area contributed by atoms with Crippen LogP contribution in [0.2, 0.25) is 0 Å². The number of likely N-dealkylation sites (tertiary alicyclic amines) is 1. The van der Waals surface area contributed by atoms with Gasteiger partial charge in [0.25, 0.3) is 5.69 Å². The van der Waals surface area contributed by atoms with Crippen LogP contribution in [-0.2, 0) is 0 Å². The first-order valence-corrected chi connectivity index (χ1v) is 6.10. The molecule has 1 aliphatic heterocycles. The maximum Gasteiger partial charge on any atom is 0.270 e. The zero-order valence-corrected chi connectivity index (χ0v) is 10.7. The first kappa shape index (κ1) is 13.6. The number of hydrogen-bond donors (Lipinski definition) is 1. The number of nitro groups is 1. The van der Waals surface area contributed by atoms with E-state index in [4.69, 9.17) is 0 Å². The van der Waals surface area contributed by atoms with Crippen molar-refractivity contribution in [3.63, 3.8) is 0 Å². The molecule has 0 bridgehead atoms. The Kier molecular flexibility index (Phi) is 3.64. The van der Waals surface area contributed by atoms with E-state index < -0.39 is 10.5 Å². The van der Waals surface area contributed by atoms with Gasteiger partial charge in [0.2, 0.25) is 0 Å². The van der Waals surface area contributed by atoms with E-state index in [0.29, 0.717) is 25.1 Å². The van der Waals surface area contributed by atoms with Gasteiger partial charge in [-0.05, 0) is 13.3 Å². The minimum absolute atomic E-state index is 0.0840. The van der Waals surface area contributed by atoms with Crippen LogP contribution in [0, 0.1) is 10.1 Å². The molecule has 1 atom stereocenters. The van der Waals surface area contributed by atoms with Crippen LogP contribution in [-0.4, -0.2) is 45.9 Å². The van der Waals surface area contributed by atoms with E-state index in [1.807, 2.05) is 4.90 Å². The molecule has 0 spiro atoms. The summed E-state index contributed by atoms with van der Waals surface area (Å²) in [4.78, 5) is 24.0. The van der Waals surface area contributed by atoms with Crippen molar-refractivity contribution in [3.05, 3.63) is 39.9 Å². The normalized spacial score (nSPS) is 23.5. The fourth-order valence-corrected chi connectivity index (χ4v) is 2.26. The molecule has 6 heteroatoms. The van der Waals surface area contributed by atoms with Crippen molar-refractivity contribution in [1.29, 1.82) is 0 Å². The van der Waals surface area contributed by atoms with Gasteiger partial charge in [-0.25, -0.2) is 0 Å². The minimum atomic E-state index is -0.747. The summed E-state index contributed by atoms with van der Waals surface area (Å²) in [6.07, 6.45) is 0.634. The van der Waals surface area contributed by atoms with Gasteiger partial charge in [-0.3, -0.25) is 19.8 Å². The van der Waals surface area contributed by atoms with Gasteiger partial charge in [0.05, 0.1) is 17.1 Å². The van der Waals surface area contributed by atoms with Crippen molar-refractivity contribution in [2.75, 3.05) is 19.6 Å². The molecule has 1 N–H and O–H groups in total. The van der Waals surface area contributed by atoms with Crippen LogP contribution in [0.1, 0.15) is 23.7 Å². The van der Waals surface area contributed by atoms with Gasteiger partial charge in [-0.15, -0.1) is 0 Å². The summed E-state index contributed by atoms with van der Waals surface area (Å²) < 4.78 is 0. The highest BCUT2D eigenvalue weighted by atomic mass is 16.6. The van der Waals surface area contributed by atoms with Crippen molar-refractivity contribution in [1.82, 2.24) is 4.90 Å². The van der Waals surface area contributed by atoms with Crippen LogP contribution in [0.4, 0.5) is 5.69 Å². The van der Waals surface area contributed by atoms with Crippen LogP contribution in [0.15, 0.2) is 24.3 Å². The van der Waals surface area contributed by atoms with E-state index in [9.17, 15) is 20.0 Å². The Morgan fingerprint density at radius 2 is 2.32 bits per heavy atom. The maximum absolute atomic E-state index is 12.0. The summed E-state index contributed by atoms with van der Waals surface area (Å²) in [5.41, 5.74) is -0.497. The number of ketones is 1. The number of nitro benzene ring substituents is 1. The molecule has 2 rings (SSSR count). The lowest BCUT2D eigenvalue weighted by molar-refractivity contribution is -0.384. The number of nitrogens with zero attached hydrogens (tertiary/aromatic N) is 2. The summed E-state index contributed by atoms with van der Waals surface area (Å²) in [5, 5.41) is 20.5. The molecule has 1 aliphatic rings. The van der Waals surface area contributed by atoms with Gasteiger partial charge in [-0.2, -0.15) is 0 Å². The number of β-amino-alcohol motifs (C(OH)–C–C–N with tert-alkyl or cyclic N) is 1. The van der Waals surface area contributed by atoms with Gasteiger partial charge in [0.1, 0.15) is 0 Å². The lowest BCUT2D eigenvalue weighted by atomic mass is 10.1. The summed E-state index contributed by atoms with van der Waals surface area (Å²) in [6.45, 7) is 3.03. The van der Waals surface area contributed by atoms with Crippen LogP contribution in [0.25, 0.3) is 0 Å². The Morgan fingerprint density at radius 1 is 1.58 bits per heavy atom. The molecule has 19 heavy (non-hydrogen) atoms. The van der Waals surface area contributed by atoms with Crippen LogP contribution < -0.4 is 0 Å². The minimum Gasteiger partial charge on any atom is -0.389 e. The van der Waals surface area contributed by atoms with Gasteiger partial charge in [0.15, 0.2) is 5.78 Å². The predicted molar refractivity (Wildman–Crippen MR) is 69.1 cm³/mol. The van der Waals surface area contributed by atoms with Crippen molar-refractivity contribution in [2.24, 2.45) is 0 Å². The largest absolute Gasteiger partial charge is 0.389 e. The first-order valence-electron chi connectivity index (χ1n) is 6.10. The van der Waals surface area contributed by atoms with Crippen LogP contribution in [0.3, 0.4) is 0 Å². The third-order valence-electron chi connectivity index (χ3n) is 3.28. The average Bonchev–Trinajstić information content (AvgIpc) is 2.68. The molecular formula is C13H16N2O4. The van der Waals surface area contributed by atoms with Gasteiger partial charge in [-0.1, -0.05) is 12.1 Å². The highest BCUT2D eigenvalue weighted by Gasteiger charge is 2.32.